The molecular formula is C16H22ClN5O2S. The number of nitrogens with zero attached hydrogens (tertiary/aromatic N) is 2. The van der Waals surface area contributed by atoms with E-state index in [1.807, 2.05) is 30.9 Å². The van der Waals surface area contributed by atoms with Crippen molar-refractivity contribution >= 4 is 35.6 Å². The van der Waals surface area contributed by atoms with Gasteiger partial charge in [0.1, 0.15) is 0 Å². The maximum Gasteiger partial charge on any atom is 0.261 e. The molecule has 0 spiro atoms. The summed E-state index contributed by atoms with van der Waals surface area (Å²) in [6, 6.07) is 3.62. The summed E-state index contributed by atoms with van der Waals surface area (Å²) in [6.07, 6.45) is 3.78. The molecule has 1 fully saturated rings. The maximum atomic E-state index is 12.4. The average molecular weight is 384 g/mol. The number of aryl methyl sites for hydroxylation is 1. The van der Waals surface area contributed by atoms with Gasteiger partial charge >= 0.3 is 0 Å². The summed E-state index contributed by atoms with van der Waals surface area (Å²) in [5, 5.41) is 15.0. The number of carbonyl (C=O) groups is 2. The smallest absolute Gasteiger partial charge is 0.261 e. The van der Waals surface area contributed by atoms with Crippen LogP contribution in [0.15, 0.2) is 29.9 Å². The van der Waals surface area contributed by atoms with Crippen LogP contribution < -0.4 is 16.0 Å². The van der Waals surface area contributed by atoms with Gasteiger partial charge in [0.05, 0.1) is 17.0 Å². The third-order valence-electron chi connectivity index (χ3n) is 4.16. The van der Waals surface area contributed by atoms with E-state index in [0.717, 1.165) is 12.1 Å². The molecule has 1 saturated heterocycles. The molecule has 1 aliphatic rings. The molecule has 9 heteroatoms. The number of nitrogens with one attached hydrogen (secondary N) is 3. The first-order chi connectivity index (χ1) is 11.6. The number of rotatable bonds is 6. The fourth-order valence-electron chi connectivity index (χ4n) is 2.92. The van der Waals surface area contributed by atoms with Crippen LogP contribution in [0.25, 0.3) is 0 Å². The number of thiophene rings is 1. The number of halogens is 1. The van der Waals surface area contributed by atoms with Crippen molar-refractivity contribution in [1.82, 2.24) is 25.7 Å². The second kappa shape index (κ2) is 8.98. The summed E-state index contributed by atoms with van der Waals surface area (Å²) in [7, 11) is 1.87. The molecular weight excluding hydrogens is 362 g/mol. The van der Waals surface area contributed by atoms with Gasteiger partial charge in [-0.25, -0.2) is 0 Å². The first kappa shape index (κ1) is 19.4. The standard InChI is InChI=1S/C16H21N5O2S.ClH/c1-21-10-11(7-20-21)12-8-17-9-13(12)15(22)18-4-5-19-16(23)14-3-2-6-24-14;/h2-3,6-7,10,12-13,17H,4-5,8-9H2,1H3,(H,18,22)(H,19,23);1H/t12-,13+;/m1./s1. The SMILES string of the molecule is Cl.Cn1cc([C@H]2CNC[C@@H]2C(=O)NCCNC(=O)c2cccs2)cn1. The van der Waals surface area contributed by atoms with Crippen molar-refractivity contribution in [2.24, 2.45) is 13.0 Å². The Bertz CT molecular complexity index is 703. The molecule has 2 amide bonds. The Morgan fingerprint density at radius 1 is 1.36 bits per heavy atom. The van der Waals surface area contributed by atoms with Crippen LogP contribution in [-0.2, 0) is 11.8 Å². The van der Waals surface area contributed by atoms with Gasteiger partial charge in [0.15, 0.2) is 0 Å². The van der Waals surface area contributed by atoms with Gasteiger partial charge in [-0.05, 0) is 17.0 Å². The number of carbonyl (C=O) groups excluding carboxylic acids is 2. The zero-order valence-corrected chi connectivity index (χ0v) is 15.5. The zero-order valence-electron chi connectivity index (χ0n) is 13.9. The van der Waals surface area contributed by atoms with Gasteiger partial charge in [-0.15, -0.1) is 23.7 Å². The minimum absolute atomic E-state index is 0. The molecule has 25 heavy (non-hydrogen) atoms. The predicted octanol–water partition coefficient (Wildman–Crippen LogP) is 0.753. The number of hydrogen-bond acceptors (Lipinski definition) is 5. The van der Waals surface area contributed by atoms with Crippen molar-refractivity contribution < 1.29 is 9.59 Å². The van der Waals surface area contributed by atoms with E-state index in [4.69, 9.17) is 0 Å². The van der Waals surface area contributed by atoms with Crippen LogP contribution in [0, 0.1) is 5.92 Å². The largest absolute Gasteiger partial charge is 0.354 e. The summed E-state index contributed by atoms with van der Waals surface area (Å²) in [6.45, 7) is 2.28. The monoisotopic (exact) mass is 383 g/mol. The van der Waals surface area contributed by atoms with E-state index in [1.165, 1.54) is 11.3 Å². The molecule has 3 N–H and O–H groups in total. The van der Waals surface area contributed by atoms with E-state index in [1.54, 1.807) is 10.7 Å². The minimum atomic E-state index is -0.109. The van der Waals surface area contributed by atoms with E-state index in [9.17, 15) is 9.59 Å². The Kier molecular flexibility index (Phi) is 6.98. The third-order valence-corrected chi connectivity index (χ3v) is 5.03. The topological polar surface area (TPSA) is 88.0 Å². The molecule has 0 aliphatic carbocycles. The van der Waals surface area contributed by atoms with Crippen LogP contribution in [0.4, 0.5) is 0 Å². The van der Waals surface area contributed by atoms with Gasteiger partial charge in [-0.1, -0.05) is 6.07 Å². The summed E-state index contributed by atoms with van der Waals surface area (Å²) < 4.78 is 1.75. The lowest BCUT2D eigenvalue weighted by Gasteiger charge is -2.17. The molecule has 3 rings (SSSR count). The third kappa shape index (κ3) is 4.81. The average Bonchev–Trinajstić information content (AvgIpc) is 3.30. The fourth-order valence-corrected chi connectivity index (χ4v) is 3.56. The second-order valence-corrected chi connectivity index (χ2v) is 6.79. The van der Waals surface area contributed by atoms with E-state index in [0.29, 0.717) is 24.5 Å². The van der Waals surface area contributed by atoms with Crippen molar-refractivity contribution in [3.05, 3.63) is 40.3 Å². The van der Waals surface area contributed by atoms with E-state index < -0.39 is 0 Å². The Labute approximate surface area is 156 Å². The van der Waals surface area contributed by atoms with Gasteiger partial charge < -0.3 is 16.0 Å². The highest BCUT2D eigenvalue weighted by Gasteiger charge is 2.34. The predicted molar refractivity (Wildman–Crippen MR) is 99.2 cm³/mol. The van der Waals surface area contributed by atoms with Gasteiger partial charge in [-0.2, -0.15) is 5.10 Å². The van der Waals surface area contributed by atoms with Crippen LogP contribution in [0.3, 0.4) is 0 Å². The van der Waals surface area contributed by atoms with E-state index in [-0.39, 0.29) is 36.1 Å². The second-order valence-electron chi connectivity index (χ2n) is 5.84. The lowest BCUT2D eigenvalue weighted by atomic mass is 9.90. The summed E-state index contributed by atoms with van der Waals surface area (Å²) in [4.78, 5) is 24.9. The van der Waals surface area contributed by atoms with Crippen molar-refractivity contribution in [2.75, 3.05) is 26.2 Å². The Balaban J connectivity index is 0.00000225. The van der Waals surface area contributed by atoms with Gasteiger partial charge in [0, 0.05) is 45.3 Å². The highest BCUT2D eigenvalue weighted by molar-refractivity contribution is 7.12. The number of hydrogen-bond donors (Lipinski definition) is 3. The van der Waals surface area contributed by atoms with Gasteiger partial charge in [0.2, 0.25) is 5.91 Å². The quantitative estimate of drug-likeness (QED) is 0.642. The number of aromatic nitrogens is 2. The molecule has 0 radical (unpaired) electrons. The van der Waals surface area contributed by atoms with Gasteiger partial charge in [0.25, 0.3) is 5.91 Å². The van der Waals surface area contributed by atoms with Crippen molar-refractivity contribution in [2.45, 2.75) is 5.92 Å². The van der Waals surface area contributed by atoms with Crippen molar-refractivity contribution in [3.8, 4) is 0 Å². The molecule has 7 nitrogen and oxygen atoms in total. The molecule has 0 bridgehead atoms. The number of amides is 2. The highest BCUT2D eigenvalue weighted by atomic mass is 35.5. The molecule has 0 unspecified atom stereocenters. The Morgan fingerprint density at radius 3 is 2.84 bits per heavy atom. The summed E-state index contributed by atoms with van der Waals surface area (Å²) >= 11 is 1.40. The lowest BCUT2D eigenvalue weighted by Crippen LogP contribution is -2.39. The molecule has 2 atom stereocenters. The van der Waals surface area contributed by atoms with Crippen LogP contribution in [0.5, 0.6) is 0 Å². The normalized spacial score (nSPS) is 19.2. The van der Waals surface area contributed by atoms with E-state index in [2.05, 4.69) is 21.0 Å². The van der Waals surface area contributed by atoms with Gasteiger partial charge in [-0.3, -0.25) is 14.3 Å². The molecule has 0 saturated carbocycles. The maximum absolute atomic E-state index is 12.4. The molecule has 1 aliphatic heterocycles. The molecule has 2 aromatic rings. The summed E-state index contributed by atoms with van der Waals surface area (Å²) in [5.41, 5.74) is 1.08. The molecule has 2 aromatic heterocycles. The van der Waals surface area contributed by atoms with Crippen molar-refractivity contribution in [3.63, 3.8) is 0 Å². The Hall–Kier alpha value is -1.90. The lowest BCUT2D eigenvalue weighted by molar-refractivity contribution is -0.124. The van der Waals surface area contributed by atoms with Crippen LogP contribution in [0.1, 0.15) is 21.2 Å². The first-order valence-corrected chi connectivity index (χ1v) is 8.82. The first-order valence-electron chi connectivity index (χ1n) is 7.94. The highest BCUT2D eigenvalue weighted by Crippen LogP contribution is 2.27. The van der Waals surface area contributed by atoms with Crippen molar-refractivity contribution in [1.29, 1.82) is 0 Å². The van der Waals surface area contributed by atoms with Crippen LogP contribution in [-0.4, -0.2) is 47.8 Å². The molecule has 136 valence electrons. The van der Waals surface area contributed by atoms with E-state index >= 15 is 0 Å². The van der Waals surface area contributed by atoms with Crippen LogP contribution >= 0.6 is 23.7 Å². The minimum Gasteiger partial charge on any atom is -0.354 e. The zero-order chi connectivity index (χ0) is 16.9. The molecule has 0 aromatic carbocycles. The van der Waals surface area contributed by atoms with Crippen LogP contribution in [0.2, 0.25) is 0 Å². The Morgan fingerprint density at radius 2 is 2.16 bits per heavy atom. The fraction of sp³-hybridized carbons (Fsp3) is 0.438. The molecule has 3 heterocycles. The summed E-state index contributed by atoms with van der Waals surface area (Å²) in [5.74, 6) is -0.0594.